The highest BCUT2D eigenvalue weighted by Gasteiger charge is 2.15. The second-order valence-corrected chi connectivity index (χ2v) is 7.11. The van der Waals surface area contributed by atoms with Gasteiger partial charge in [0.05, 0.1) is 44.6 Å². The summed E-state index contributed by atoms with van der Waals surface area (Å²) in [5.41, 5.74) is 4.31. The lowest BCUT2D eigenvalue weighted by Gasteiger charge is -2.12. The number of carbonyl (C=O) groups excluding carboxylic acids is 1. The summed E-state index contributed by atoms with van der Waals surface area (Å²) < 4.78 is 17.6. The van der Waals surface area contributed by atoms with Crippen LogP contribution in [0.3, 0.4) is 0 Å². The van der Waals surface area contributed by atoms with Crippen molar-refractivity contribution >= 4 is 22.7 Å². The molecule has 0 atom stereocenters. The monoisotopic (exact) mass is 445 g/mol. The van der Waals surface area contributed by atoms with Crippen molar-refractivity contribution in [2.24, 2.45) is 7.05 Å². The van der Waals surface area contributed by atoms with Crippen molar-refractivity contribution < 1.29 is 19.0 Å². The first-order chi connectivity index (χ1) is 16.0. The van der Waals surface area contributed by atoms with Gasteiger partial charge < -0.3 is 14.2 Å². The van der Waals surface area contributed by atoms with Gasteiger partial charge in [0, 0.05) is 36.5 Å². The molecular weight excluding hydrogens is 422 g/mol. The van der Waals surface area contributed by atoms with Crippen LogP contribution < -0.4 is 9.47 Å². The molecular formula is C24H23N5O4. The number of esters is 1. The topological polar surface area (TPSA) is 101 Å². The Morgan fingerprint density at radius 1 is 1.06 bits per heavy atom. The molecule has 9 heteroatoms. The van der Waals surface area contributed by atoms with Crippen LogP contribution in [0.15, 0.2) is 55.0 Å². The Labute approximate surface area is 190 Å². The van der Waals surface area contributed by atoms with Gasteiger partial charge in [0.15, 0.2) is 5.65 Å². The van der Waals surface area contributed by atoms with Crippen LogP contribution in [0.2, 0.25) is 0 Å². The molecule has 0 aliphatic rings. The number of pyridine rings is 1. The number of methoxy groups -OCH3 is 2. The fourth-order valence-electron chi connectivity index (χ4n) is 3.31. The normalized spacial score (nSPS) is 11.5. The third-order valence-corrected chi connectivity index (χ3v) is 4.89. The van der Waals surface area contributed by atoms with Gasteiger partial charge in [0.2, 0.25) is 0 Å². The van der Waals surface area contributed by atoms with Gasteiger partial charge in [-0.3, -0.25) is 9.67 Å². The Hall–Kier alpha value is -4.27. The molecule has 0 saturated carbocycles. The predicted molar refractivity (Wildman–Crippen MR) is 123 cm³/mol. The second-order valence-electron chi connectivity index (χ2n) is 7.11. The molecule has 0 radical (unpaired) electrons. The van der Waals surface area contributed by atoms with Crippen molar-refractivity contribution in [3.05, 3.63) is 66.3 Å². The van der Waals surface area contributed by atoms with Crippen LogP contribution in [-0.4, -0.2) is 51.5 Å². The third-order valence-electron chi connectivity index (χ3n) is 4.89. The molecule has 0 spiro atoms. The Balaban J connectivity index is 1.86. The van der Waals surface area contributed by atoms with Crippen molar-refractivity contribution in [2.75, 3.05) is 20.8 Å². The summed E-state index contributed by atoms with van der Waals surface area (Å²) in [7, 11) is 4.97. The molecule has 0 amide bonds. The SMILES string of the molecule is CCOC(=O)/C=C(/c1cc(OC)cc(OC)c1)c1ccc2ncc(-c3cnn(C)c3)nc2n1. The van der Waals surface area contributed by atoms with Gasteiger partial charge in [-0.1, -0.05) is 0 Å². The molecule has 4 aromatic rings. The highest BCUT2D eigenvalue weighted by molar-refractivity contribution is 5.96. The standard InChI is InChI=1S/C24H23N5O4/c1-5-33-23(30)11-19(15-8-17(31-3)10-18(9-15)32-4)20-6-7-21-24(27-20)28-22(13-25-21)16-12-26-29(2)14-16/h6-14H,5H2,1-4H3/b19-11-. The van der Waals surface area contributed by atoms with E-state index >= 15 is 0 Å². The van der Waals surface area contributed by atoms with Crippen molar-refractivity contribution in [1.29, 1.82) is 0 Å². The molecule has 3 heterocycles. The first-order valence-corrected chi connectivity index (χ1v) is 10.3. The summed E-state index contributed by atoms with van der Waals surface area (Å²) >= 11 is 0. The zero-order valence-electron chi connectivity index (χ0n) is 18.8. The van der Waals surface area contributed by atoms with Gasteiger partial charge in [-0.05, 0) is 36.8 Å². The largest absolute Gasteiger partial charge is 0.497 e. The molecule has 0 saturated heterocycles. The molecule has 0 bridgehead atoms. The van der Waals surface area contributed by atoms with E-state index in [-0.39, 0.29) is 6.61 Å². The fraction of sp³-hybridized carbons (Fsp3) is 0.208. The molecule has 0 fully saturated rings. The number of nitrogens with zero attached hydrogens (tertiary/aromatic N) is 5. The van der Waals surface area contributed by atoms with Crippen molar-refractivity contribution in [3.8, 4) is 22.8 Å². The zero-order chi connectivity index (χ0) is 23.4. The quantitative estimate of drug-likeness (QED) is 0.315. The summed E-state index contributed by atoms with van der Waals surface area (Å²) in [6.45, 7) is 2.01. The summed E-state index contributed by atoms with van der Waals surface area (Å²) in [4.78, 5) is 26.2. The predicted octanol–water partition coefficient (Wildman–Crippen LogP) is 3.44. The Morgan fingerprint density at radius 2 is 1.82 bits per heavy atom. The van der Waals surface area contributed by atoms with Crippen LogP contribution in [0.25, 0.3) is 28.0 Å². The number of benzene rings is 1. The van der Waals surface area contributed by atoms with E-state index < -0.39 is 5.97 Å². The summed E-state index contributed by atoms with van der Waals surface area (Å²) in [5.74, 6) is 0.684. The molecule has 33 heavy (non-hydrogen) atoms. The molecule has 1 aromatic carbocycles. The maximum atomic E-state index is 12.4. The maximum absolute atomic E-state index is 12.4. The highest BCUT2D eigenvalue weighted by Crippen LogP contribution is 2.31. The fourth-order valence-corrected chi connectivity index (χ4v) is 3.31. The van der Waals surface area contributed by atoms with Gasteiger partial charge in [-0.2, -0.15) is 5.10 Å². The average Bonchev–Trinajstić information content (AvgIpc) is 3.27. The lowest BCUT2D eigenvalue weighted by Crippen LogP contribution is -2.04. The van der Waals surface area contributed by atoms with Crippen LogP contribution in [0.5, 0.6) is 11.5 Å². The van der Waals surface area contributed by atoms with Crippen molar-refractivity contribution in [2.45, 2.75) is 6.92 Å². The lowest BCUT2D eigenvalue weighted by molar-refractivity contribution is -0.137. The number of aryl methyl sites for hydroxylation is 1. The summed E-state index contributed by atoms with van der Waals surface area (Å²) in [6.07, 6.45) is 6.66. The first-order valence-electron chi connectivity index (χ1n) is 10.3. The molecule has 4 rings (SSSR count). The summed E-state index contributed by atoms with van der Waals surface area (Å²) in [6, 6.07) is 8.96. The number of ether oxygens (including phenoxy) is 3. The van der Waals surface area contributed by atoms with Crippen LogP contribution >= 0.6 is 0 Å². The minimum absolute atomic E-state index is 0.259. The lowest BCUT2D eigenvalue weighted by atomic mass is 10.0. The zero-order valence-corrected chi connectivity index (χ0v) is 18.8. The first kappa shape index (κ1) is 21.9. The van der Waals surface area contributed by atoms with Gasteiger partial charge >= 0.3 is 5.97 Å². The number of aromatic nitrogens is 5. The van der Waals surface area contributed by atoms with E-state index in [2.05, 4.69) is 15.1 Å². The number of fused-ring (bicyclic) bond motifs is 1. The number of hydrogen-bond acceptors (Lipinski definition) is 8. The van der Waals surface area contributed by atoms with E-state index in [1.807, 2.05) is 19.3 Å². The minimum Gasteiger partial charge on any atom is -0.497 e. The van der Waals surface area contributed by atoms with Gasteiger partial charge in [-0.15, -0.1) is 0 Å². The van der Waals surface area contributed by atoms with E-state index in [4.69, 9.17) is 19.2 Å². The van der Waals surface area contributed by atoms with E-state index in [0.717, 1.165) is 5.56 Å². The van der Waals surface area contributed by atoms with E-state index in [9.17, 15) is 4.79 Å². The maximum Gasteiger partial charge on any atom is 0.331 e. The van der Waals surface area contributed by atoms with Crippen LogP contribution in [0.1, 0.15) is 18.2 Å². The average molecular weight is 445 g/mol. The Kier molecular flexibility index (Phi) is 6.30. The molecule has 168 valence electrons. The van der Waals surface area contributed by atoms with E-state index in [1.165, 1.54) is 6.08 Å². The van der Waals surface area contributed by atoms with Crippen molar-refractivity contribution in [1.82, 2.24) is 24.7 Å². The van der Waals surface area contributed by atoms with Crippen LogP contribution in [-0.2, 0) is 16.6 Å². The third kappa shape index (κ3) is 4.82. The van der Waals surface area contributed by atoms with Gasteiger partial charge in [0.25, 0.3) is 0 Å². The molecule has 0 unspecified atom stereocenters. The van der Waals surface area contributed by atoms with Gasteiger partial charge in [-0.25, -0.2) is 14.8 Å². The molecule has 3 aromatic heterocycles. The number of carbonyl (C=O) groups is 1. The Morgan fingerprint density at radius 3 is 2.45 bits per heavy atom. The van der Waals surface area contributed by atoms with Crippen LogP contribution in [0, 0.1) is 0 Å². The second kappa shape index (κ2) is 9.47. The minimum atomic E-state index is -0.480. The Bertz CT molecular complexity index is 1320. The number of rotatable bonds is 7. The molecule has 0 aliphatic heterocycles. The van der Waals surface area contributed by atoms with E-state index in [0.29, 0.717) is 45.2 Å². The molecule has 0 N–H and O–H groups in total. The highest BCUT2D eigenvalue weighted by atomic mass is 16.5. The van der Waals surface area contributed by atoms with Gasteiger partial charge in [0.1, 0.15) is 17.0 Å². The van der Waals surface area contributed by atoms with Crippen molar-refractivity contribution in [3.63, 3.8) is 0 Å². The van der Waals surface area contributed by atoms with Crippen LogP contribution in [0.4, 0.5) is 0 Å². The molecule has 9 nitrogen and oxygen atoms in total. The molecule has 0 aliphatic carbocycles. The smallest absolute Gasteiger partial charge is 0.331 e. The number of hydrogen-bond donors (Lipinski definition) is 0. The summed E-state index contributed by atoms with van der Waals surface area (Å²) in [5, 5.41) is 4.19. The van der Waals surface area contributed by atoms with E-state index in [1.54, 1.807) is 62.5 Å².